The van der Waals surface area contributed by atoms with E-state index in [0.29, 0.717) is 0 Å². The van der Waals surface area contributed by atoms with Crippen LogP contribution in [0.25, 0.3) is 61.2 Å². The van der Waals surface area contributed by atoms with Crippen LogP contribution in [0.4, 0.5) is 11.4 Å². The van der Waals surface area contributed by atoms with Crippen molar-refractivity contribution in [2.45, 2.75) is 109 Å². The number of hydrogen-bond acceptors (Lipinski definition) is 1. The molecule has 1 spiro atoms. The summed E-state index contributed by atoms with van der Waals surface area (Å²) in [5, 5.41) is 0. The zero-order valence-corrected chi connectivity index (χ0v) is 45.9. The minimum absolute atomic E-state index is 0.00652. The molecule has 9 aromatic carbocycles. The highest BCUT2D eigenvalue weighted by molar-refractivity contribution is 5.99. The predicted molar refractivity (Wildman–Crippen MR) is 321 cm³/mol. The van der Waals surface area contributed by atoms with E-state index in [9.17, 15) is 0 Å². The first-order valence-electron chi connectivity index (χ1n) is 27.8. The van der Waals surface area contributed by atoms with Crippen molar-refractivity contribution in [1.29, 1.82) is 0 Å². The van der Waals surface area contributed by atoms with Crippen LogP contribution >= 0.6 is 0 Å². The van der Waals surface area contributed by atoms with Gasteiger partial charge in [-0.1, -0.05) is 251 Å². The quantitative estimate of drug-likeness (QED) is 0.166. The van der Waals surface area contributed by atoms with Gasteiger partial charge in [0, 0.05) is 27.8 Å². The number of nitrogens with zero attached hydrogens (tertiary/aromatic N) is 1. The summed E-state index contributed by atoms with van der Waals surface area (Å²) in [5.41, 5.74) is 31.7. The third-order valence-corrected chi connectivity index (χ3v) is 18.6. The Hall–Kier alpha value is -7.74. The summed E-state index contributed by atoms with van der Waals surface area (Å²) in [6.07, 6.45) is 5.97. The van der Waals surface area contributed by atoms with Crippen LogP contribution in [0.5, 0.6) is 0 Å². The molecule has 0 heterocycles. The standard InChI is InChI=1S/C75H67N/c1-71(2,3)48-33-38-54-55-39-34-49(72(4,5)6)44-68(55)75(67(54)43-48)64-27-17-12-21-53(64)60-45-51(37-41-65(60)75)76(50-35-30-46(31-36-50)47-32-40-63-59(42-47)52-20-11-15-25-61(52)73(63,7)8)69-29-18-14-22-56(69)57-24-19-28-66-70(57)58-23-13-16-26-62(58)74(66,9)10/h11-44,51H,45H2,1-10H3. The number of fused-ring (bicyclic) bond motifs is 15. The Morgan fingerprint density at radius 2 is 0.895 bits per heavy atom. The maximum atomic E-state index is 2.67. The molecule has 9 aromatic rings. The van der Waals surface area contributed by atoms with Crippen LogP contribution in [0.15, 0.2) is 212 Å². The van der Waals surface area contributed by atoms with Crippen LogP contribution in [-0.2, 0) is 27.1 Å². The lowest BCUT2D eigenvalue weighted by atomic mass is 9.67. The summed E-state index contributed by atoms with van der Waals surface area (Å²) in [4.78, 5) is 2.67. The second kappa shape index (κ2) is 16.1. The summed E-state index contributed by atoms with van der Waals surface area (Å²) in [6, 6.07) is 75.1. The fraction of sp³-hybridized carbons (Fsp3) is 0.227. The topological polar surface area (TPSA) is 3.24 Å². The molecule has 5 aliphatic rings. The number of rotatable bonds is 5. The number of para-hydroxylation sites is 1. The number of hydrogen-bond donors (Lipinski definition) is 0. The predicted octanol–water partition coefficient (Wildman–Crippen LogP) is 19.5. The Bertz CT molecular complexity index is 3920. The lowest BCUT2D eigenvalue weighted by Gasteiger charge is -2.38. The summed E-state index contributed by atoms with van der Waals surface area (Å²) in [6.45, 7) is 23.6. The molecule has 1 nitrogen and oxygen atoms in total. The van der Waals surface area contributed by atoms with Crippen molar-refractivity contribution >= 4 is 16.9 Å². The molecule has 0 N–H and O–H groups in total. The number of anilines is 2. The molecule has 1 unspecified atom stereocenters. The lowest BCUT2D eigenvalue weighted by Crippen LogP contribution is -2.33. The van der Waals surface area contributed by atoms with Gasteiger partial charge in [-0.05, 0) is 158 Å². The number of allylic oxidation sites excluding steroid dienone is 2. The van der Waals surface area contributed by atoms with E-state index >= 15 is 0 Å². The first kappa shape index (κ1) is 46.8. The Morgan fingerprint density at radius 3 is 1.55 bits per heavy atom. The van der Waals surface area contributed by atoms with Crippen molar-refractivity contribution in [3.05, 3.63) is 267 Å². The molecule has 0 fully saturated rings. The smallest absolute Gasteiger partial charge is 0.0722 e. The highest BCUT2D eigenvalue weighted by atomic mass is 15.2. The Balaban J connectivity index is 0.954. The van der Waals surface area contributed by atoms with Crippen molar-refractivity contribution in [2.75, 3.05) is 4.90 Å². The van der Waals surface area contributed by atoms with E-state index in [1.54, 1.807) is 0 Å². The monoisotopic (exact) mass is 982 g/mol. The van der Waals surface area contributed by atoms with Gasteiger partial charge >= 0.3 is 0 Å². The molecule has 5 aliphatic carbocycles. The first-order valence-corrected chi connectivity index (χ1v) is 27.8. The summed E-state index contributed by atoms with van der Waals surface area (Å²) in [7, 11) is 0. The Morgan fingerprint density at radius 1 is 0.395 bits per heavy atom. The maximum absolute atomic E-state index is 2.67. The van der Waals surface area contributed by atoms with Crippen LogP contribution in [0.1, 0.15) is 131 Å². The molecule has 0 saturated heterocycles. The largest absolute Gasteiger partial charge is 0.334 e. The molecule has 0 aromatic heterocycles. The van der Waals surface area contributed by atoms with Crippen molar-refractivity contribution < 1.29 is 0 Å². The van der Waals surface area contributed by atoms with Crippen molar-refractivity contribution in [2.24, 2.45) is 0 Å². The van der Waals surface area contributed by atoms with Crippen molar-refractivity contribution in [3.63, 3.8) is 0 Å². The molecule has 0 aliphatic heterocycles. The molecule has 1 heteroatoms. The van der Waals surface area contributed by atoms with E-state index in [1.807, 2.05) is 0 Å². The van der Waals surface area contributed by atoms with Gasteiger partial charge in [0.05, 0.1) is 11.5 Å². The highest BCUT2D eigenvalue weighted by Gasteiger charge is 2.54. The molecular weight excluding hydrogens is 915 g/mol. The molecule has 0 amide bonds. The molecule has 0 bridgehead atoms. The zero-order valence-electron chi connectivity index (χ0n) is 45.9. The molecule has 14 rings (SSSR count). The summed E-state index contributed by atoms with van der Waals surface area (Å²) < 4.78 is 0. The fourth-order valence-corrected chi connectivity index (χ4v) is 14.6. The highest BCUT2D eigenvalue weighted by Crippen LogP contribution is 2.65. The zero-order chi connectivity index (χ0) is 52.3. The van der Waals surface area contributed by atoms with Gasteiger partial charge < -0.3 is 4.90 Å². The van der Waals surface area contributed by atoms with Gasteiger partial charge in [0.2, 0.25) is 0 Å². The Labute approximate surface area is 451 Å². The normalized spacial score (nSPS) is 17.4. The second-order valence-corrected chi connectivity index (χ2v) is 25.6. The van der Waals surface area contributed by atoms with Gasteiger partial charge in [-0.2, -0.15) is 0 Å². The van der Waals surface area contributed by atoms with Crippen molar-refractivity contribution in [3.8, 4) is 55.6 Å². The molecular formula is C75H67N. The van der Waals surface area contributed by atoms with Gasteiger partial charge in [0.25, 0.3) is 0 Å². The van der Waals surface area contributed by atoms with Gasteiger partial charge in [-0.15, -0.1) is 0 Å². The third-order valence-electron chi connectivity index (χ3n) is 18.6. The molecule has 372 valence electrons. The van der Waals surface area contributed by atoms with Gasteiger partial charge in [-0.3, -0.25) is 0 Å². The third kappa shape index (κ3) is 6.51. The van der Waals surface area contributed by atoms with Crippen LogP contribution < -0.4 is 4.90 Å². The SMILES string of the molecule is CC(C)(C)c1ccc2c(c1)C1(C3=C(CC(N(c4ccc(-c5ccc6c(c5)-c5ccccc5C6(C)C)cc4)c4ccccc4-c4cccc5c4-c4ccccc4C5(C)C)C=C3)c3ccccc31)c1cc(C(C)(C)C)ccc1-2. The van der Waals surface area contributed by atoms with Crippen LogP contribution in [-0.4, -0.2) is 6.04 Å². The van der Waals surface area contributed by atoms with E-state index in [-0.39, 0.29) is 27.7 Å². The van der Waals surface area contributed by atoms with Crippen LogP contribution in [0, 0.1) is 0 Å². The summed E-state index contributed by atoms with van der Waals surface area (Å²) >= 11 is 0. The maximum Gasteiger partial charge on any atom is 0.0722 e. The van der Waals surface area contributed by atoms with E-state index in [2.05, 4.69) is 280 Å². The fourth-order valence-electron chi connectivity index (χ4n) is 14.6. The van der Waals surface area contributed by atoms with Gasteiger partial charge in [0.1, 0.15) is 0 Å². The number of benzene rings is 9. The van der Waals surface area contributed by atoms with Crippen molar-refractivity contribution in [1.82, 2.24) is 0 Å². The average Bonchev–Trinajstić information content (AvgIpc) is 4.22. The van der Waals surface area contributed by atoms with Gasteiger partial charge in [-0.25, -0.2) is 0 Å². The van der Waals surface area contributed by atoms with E-state index in [1.165, 1.54) is 134 Å². The van der Waals surface area contributed by atoms with E-state index in [4.69, 9.17) is 0 Å². The van der Waals surface area contributed by atoms with Crippen LogP contribution in [0.2, 0.25) is 0 Å². The lowest BCUT2D eigenvalue weighted by molar-refractivity contribution is 0.586. The summed E-state index contributed by atoms with van der Waals surface area (Å²) in [5.74, 6) is 0. The average molecular weight is 982 g/mol. The van der Waals surface area contributed by atoms with Gasteiger partial charge in [0.15, 0.2) is 0 Å². The van der Waals surface area contributed by atoms with E-state index in [0.717, 1.165) is 6.42 Å². The molecule has 0 saturated carbocycles. The first-order chi connectivity index (χ1) is 36.5. The minimum Gasteiger partial charge on any atom is -0.334 e. The molecule has 1 atom stereocenters. The molecule has 76 heavy (non-hydrogen) atoms. The second-order valence-electron chi connectivity index (χ2n) is 25.6. The van der Waals surface area contributed by atoms with E-state index < -0.39 is 5.41 Å². The van der Waals surface area contributed by atoms with Crippen LogP contribution in [0.3, 0.4) is 0 Å². The molecule has 0 radical (unpaired) electrons. The Kier molecular flexibility index (Phi) is 9.93. The minimum atomic E-state index is -0.443.